The molecule has 4 aromatic rings. The molecule has 0 unspecified atom stereocenters. The molecule has 0 bridgehead atoms. The van der Waals surface area contributed by atoms with Gasteiger partial charge in [0, 0.05) is 24.6 Å². The van der Waals surface area contributed by atoms with Gasteiger partial charge in [-0.3, -0.25) is 19.3 Å². The minimum absolute atomic E-state index is 0.0538. The van der Waals surface area contributed by atoms with Crippen LogP contribution in [0.3, 0.4) is 0 Å². The number of hydrogen-bond donors (Lipinski definition) is 0. The molecule has 0 saturated carbocycles. The minimum Gasteiger partial charge on any atom is -0.327 e. The Balaban J connectivity index is 1.47. The van der Waals surface area contributed by atoms with Crippen LogP contribution in [0.2, 0.25) is 0 Å². The first-order chi connectivity index (χ1) is 17.6. The summed E-state index contributed by atoms with van der Waals surface area (Å²) < 4.78 is 0. The predicted molar refractivity (Wildman–Crippen MR) is 136 cm³/mol. The maximum Gasteiger partial charge on any atom is 0.261 e. The molecule has 5 nitrogen and oxygen atoms in total. The van der Waals surface area contributed by atoms with Gasteiger partial charge in [0.25, 0.3) is 17.7 Å². The first kappa shape index (κ1) is 22.0. The van der Waals surface area contributed by atoms with E-state index in [4.69, 9.17) is 0 Å². The van der Waals surface area contributed by atoms with Crippen molar-refractivity contribution >= 4 is 17.7 Å². The summed E-state index contributed by atoms with van der Waals surface area (Å²) in [4.78, 5) is 43.7. The Hall–Kier alpha value is -4.51. The third-order valence-electron chi connectivity index (χ3n) is 7.16. The van der Waals surface area contributed by atoms with Crippen LogP contribution < -0.4 is 0 Å². The number of carbonyl (C=O) groups excluding carboxylic acids is 3. The molecule has 5 heteroatoms. The van der Waals surface area contributed by atoms with Gasteiger partial charge in [0.1, 0.15) is 0 Å². The maximum atomic E-state index is 13.9. The van der Waals surface area contributed by atoms with E-state index in [0.717, 1.165) is 16.7 Å². The molecule has 0 spiro atoms. The molecule has 0 aromatic heterocycles. The van der Waals surface area contributed by atoms with Crippen molar-refractivity contribution in [2.75, 3.05) is 6.54 Å². The van der Waals surface area contributed by atoms with Crippen LogP contribution in [0.5, 0.6) is 0 Å². The molecule has 0 radical (unpaired) electrons. The highest BCUT2D eigenvalue weighted by Crippen LogP contribution is 2.44. The Morgan fingerprint density at radius 1 is 0.556 bits per heavy atom. The molecule has 0 aliphatic carbocycles. The van der Waals surface area contributed by atoms with Gasteiger partial charge < -0.3 is 4.90 Å². The van der Waals surface area contributed by atoms with Crippen molar-refractivity contribution in [1.82, 2.24) is 9.80 Å². The lowest BCUT2D eigenvalue weighted by Gasteiger charge is -2.43. The predicted octanol–water partition coefficient (Wildman–Crippen LogP) is 5.46. The van der Waals surface area contributed by atoms with E-state index in [0.29, 0.717) is 23.2 Å². The standard InChI is InChI=1S/C31H24N2O3/c34-29-24-16-8-7-15-23(24)27(20-33-30(35)25-17-9-10-18-26(25)31(33)36)28(22-13-5-2-6-14-22)32(29)19-21-11-3-1-4-12-21/h1-18,27-28H,19-20H2/t27-,28+/m1/s1. The van der Waals surface area contributed by atoms with Gasteiger partial charge in [-0.1, -0.05) is 91.0 Å². The fourth-order valence-electron chi connectivity index (χ4n) is 5.50. The average molecular weight is 473 g/mol. The van der Waals surface area contributed by atoms with Gasteiger partial charge in [0.2, 0.25) is 0 Å². The number of rotatable bonds is 5. The van der Waals surface area contributed by atoms with Crippen LogP contribution in [0.1, 0.15) is 59.7 Å². The Kier molecular flexibility index (Phi) is 5.45. The number of benzene rings is 4. The van der Waals surface area contributed by atoms with Crippen LogP contribution >= 0.6 is 0 Å². The molecule has 4 aromatic carbocycles. The van der Waals surface area contributed by atoms with Gasteiger partial charge in [-0.15, -0.1) is 0 Å². The number of amides is 3. The highest BCUT2D eigenvalue weighted by atomic mass is 16.2. The lowest BCUT2D eigenvalue weighted by molar-refractivity contribution is 0.0519. The number of nitrogens with zero attached hydrogens (tertiary/aromatic N) is 2. The Labute approximate surface area is 209 Å². The van der Waals surface area contributed by atoms with Gasteiger partial charge in [-0.05, 0) is 34.9 Å². The summed E-state index contributed by atoms with van der Waals surface area (Å²) in [5, 5.41) is 0. The second kappa shape index (κ2) is 8.93. The van der Waals surface area contributed by atoms with E-state index in [1.807, 2.05) is 89.8 Å². The lowest BCUT2D eigenvalue weighted by atomic mass is 9.79. The molecule has 0 N–H and O–H groups in total. The lowest BCUT2D eigenvalue weighted by Crippen LogP contribution is -2.46. The Morgan fingerprint density at radius 3 is 1.72 bits per heavy atom. The van der Waals surface area contributed by atoms with Crippen LogP contribution in [0.15, 0.2) is 109 Å². The second-order valence-corrected chi connectivity index (χ2v) is 9.23. The zero-order chi connectivity index (χ0) is 24.6. The average Bonchev–Trinajstić information content (AvgIpc) is 3.17. The van der Waals surface area contributed by atoms with E-state index in [2.05, 4.69) is 0 Å². The number of carbonyl (C=O) groups is 3. The van der Waals surface area contributed by atoms with Gasteiger partial charge in [0.05, 0.1) is 17.2 Å². The van der Waals surface area contributed by atoms with Crippen LogP contribution in [0, 0.1) is 0 Å². The van der Waals surface area contributed by atoms with Gasteiger partial charge in [-0.2, -0.15) is 0 Å². The molecule has 0 saturated heterocycles. The fourth-order valence-corrected chi connectivity index (χ4v) is 5.50. The largest absolute Gasteiger partial charge is 0.327 e. The van der Waals surface area contributed by atoms with Crippen LogP contribution in [0.4, 0.5) is 0 Å². The van der Waals surface area contributed by atoms with Crippen molar-refractivity contribution in [2.24, 2.45) is 0 Å². The third kappa shape index (κ3) is 3.60. The van der Waals surface area contributed by atoms with E-state index in [9.17, 15) is 14.4 Å². The first-order valence-corrected chi connectivity index (χ1v) is 12.1. The molecule has 176 valence electrons. The summed E-state index contributed by atoms with van der Waals surface area (Å²) >= 11 is 0. The van der Waals surface area contributed by atoms with Crippen molar-refractivity contribution in [1.29, 1.82) is 0 Å². The highest BCUT2D eigenvalue weighted by molar-refractivity contribution is 6.21. The number of imide groups is 1. The van der Waals surface area contributed by atoms with Crippen molar-refractivity contribution in [3.63, 3.8) is 0 Å². The molecule has 6 rings (SSSR count). The van der Waals surface area contributed by atoms with Crippen molar-refractivity contribution in [3.8, 4) is 0 Å². The smallest absolute Gasteiger partial charge is 0.261 e. The van der Waals surface area contributed by atoms with E-state index < -0.39 is 0 Å². The van der Waals surface area contributed by atoms with E-state index in [1.54, 1.807) is 24.3 Å². The Morgan fingerprint density at radius 2 is 1.08 bits per heavy atom. The minimum atomic E-state index is -0.349. The third-order valence-corrected chi connectivity index (χ3v) is 7.16. The number of fused-ring (bicyclic) bond motifs is 2. The molecule has 2 aliphatic heterocycles. The summed E-state index contributed by atoms with van der Waals surface area (Å²) in [5.41, 5.74) is 4.32. The summed E-state index contributed by atoms with van der Waals surface area (Å²) in [6.45, 7) is 0.605. The molecule has 36 heavy (non-hydrogen) atoms. The molecular weight excluding hydrogens is 448 g/mol. The summed E-state index contributed by atoms with van der Waals surface area (Å²) in [6, 6.07) is 34.0. The SMILES string of the molecule is O=C1c2ccccc2C(=O)N1C[C@@H]1c2ccccc2C(=O)N(Cc2ccccc2)[C@H]1c1ccccc1. The molecule has 3 amide bonds. The topological polar surface area (TPSA) is 57.7 Å². The van der Waals surface area contributed by atoms with E-state index in [1.165, 1.54) is 4.90 Å². The molecule has 2 aliphatic rings. The Bertz CT molecular complexity index is 1430. The van der Waals surface area contributed by atoms with Crippen molar-refractivity contribution in [3.05, 3.63) is 143 Å². The summed E-state index contributed by atoms with van der Waals surface area (Å²) in [5.74, 6) is -0.910. The van der Waals surface area contributed by atoms with Crippen LogP contribution in [-0.4, -0.2) is 34.1 Å². The molecular formula is C31H24N2O3. The van der Waals surface area contributed by atoms with Gasteiger partial charge in [0.15, 0.2) is 0 Å². The first-order valence-electron chi connectivity index (χ1n) is 12.1. The fraction of sp³-hybridized carbons (Fsp3) is 0.129. The normalized spacial score (nSPS) is 18.8. The molecule has 0 fully saturated rings. The number of hydrogen-bond acceptors (Lipinski definition) is 3. The van der Waals surface area contributed by atoms with Crippen LogP contribution in [0.25, 0.3) is 0 Å². The van der Waals surface area contributed by atoms with Crippen molar-refractivity contribution < 1.29 is 14.4 Å². The highest BCUT2D eigenvalue weighted by Gasteiger charge is 2.44. The second-order valence-electron chi connectivity index (χ2n) is 9.23. The quantitative estimate of drug-likeness (QED) is 0.362. The maximum absolute atomic E-state index is 13.9. The van der Waals surface area contributed by atoms with E-state index >= 15 is 0 Å². The monoisotopic (exact) mass is 472 g/mol. The summed E-state index contributed by atoms with van der Waals surface area (Å²) in [7, 11) is 0. The van der Waals surface area contributed by atoms with Gasteiger partial charge >= 0.3 is 0 Å². The molecule has 2 heterocycles. The zero-order valence-electron chi connectivity index (χ0n) is 19.6. The van der Waals surface area contributed by atoms with Crippen molar-refractivity contribution in [2.45, 2.75) is 18.5 Å². The van der Waals surface area contributed by atoms with Gasteiger partial charge in [-0.25, -0.2) is 0 Å². The molecule has 2 atom stereocenters. The van der Waals surface area contributed by atoms with E-state index in [-0.39, 0.29) is 36.2 Å². The zero-order valence-corrected chi connectivity index (χ0v) is 19.6. The van der Waals surface area contributed by atoms with Crippen LogP contribution in [-0.2, 0) is 6.54 Å². The summed E-state index contributed by atoms with van der Waals surface area (Å²) in [6.07, 6.45) is 0.